The Morgan fingerprint density at radius 1 is 1.13 bits per heavy atom. The Morgan fingerprint density at radius 3 is 2.61 bits per heavy atom. The fourth-order valence-electron chi connectivity index (χ4n) is 3.99. The number of rotatable bonds is 5. The van der Waals surface area contributed by atoms with Crippen LogP contribution >= 0.6 is 0 Å². The Kier molecular flexibility index (Phi) is 4.91. The van der Waals surface area contributed by atoms with Crippen LogP contribution in [0.2, 0.25) is 0 Å². The number of oxazole rings is 1. The van der Waals surface area contributed by atoms with Gasteiger partial charge in [-0.1, -0.05) is 30.3 Å². The van der Waals surface area contributed by atoms with E-state index in [2.05, 4.69) is 10.3 Å². The lowest BCUT2D eigenvalue weighted by molar-refractivity contribution is 0.102. The molecule has 31 heavy (non-hydrogen) atoms. The van der Waals surface area contributed by atoms with E-state index in [9.17, 15) is 13.2 Å². The van der Waals surface area contributed by atoms with Gasteiger partial charge >= 0.3 is 0 Å². The number of amides is 1. The summed E-state index contributed by atoms with van der Waals surface area (Å²) >= 11 is 0. The van der Waals surface area contributed by atoms with Gasteiger partial charge in [0.1, 0.15) is 5.76 Å². The Bertz CT molecular complexity index is 1250. The van der Waals surface area contributed by atoms with Crippen molar-refractivity contribution in [1.29, 1.82) is 0 Å². The average molecular weight is 438 g/mol. The quantitative estimate of drug-likeness (QED) is 0.656. The van der Waals surface area contributed by atoms with Crippen molar-refractivity contribution in [3.63, 3.8) is 0 Å². The number of carbonyl (C=O) groups excluding carboxylic acids is 1. The lowest BCUT2D eigenvalue weighted by Gasteiger charge is -2.28. The van der Waals surface area contributed by atoms with E-state index in [4.69, 9.17) is 4.42 Å². The zero-order valence-corrected chi connectivity index (χ0v) is 18.0. The highest BCUT2D eigenvalue weighted by Crippen LogP contribution is 2.43. The molecule has 1 aromatic heterocycles. The van der Waals surface area contributed by atoms with Crippen molar-refractivity contribution in [2.24, 2.45) is 0 Å². The normalized spacial score (nSPS) is 16.7. The molecule has 1 saturated carbocycles. The van der Waals surface area contributed by atoms with E-state index in [-0.39, 0.29) is 11.8 Å². The summed E-state index contributed by atoms with van der Waals surface area (Å²) in [6.07, 6.45) is 3.75. The Hall–Kier alpha value is -2.97. The number of carbonyl (C=O) groups is 1. The van der Waals surface area contributed by atoms with Gasteiger partial charge < -0.3 is 9.73 Å². The molecule has 1 aliphatic carbocycles. The molecule has 8 heteroatoms. The van der Waals surface area contributed by atoms with Crippen LogP contribution in [0.15, 0.2) is 52.9 Å². The molecule has 1 amide bonds. The van der Waals surface area contributed by atoms with Crippen molar-refractivity contribution in [1.82, 2.24) is 9.29 Å². The van der Waals surface area contributed by atoms with Crippen LogP contribution in [0.25, 0.3) is 11.5 Å². The Morgan fingerprint density at radius 2 is 1.90 bits per heavy atom. The molecule has 1 aliphatic heterocycles. The SMILES string of the molecule is CS(=O)(=O)N1CCc2c(cccc2NC(=O)c2nc(-c3ccccc3)oc2C2CC2)C1. The maximum atomic E-state index is 13.2. The lowest BCUT2D eigenvalue weighted by atomic mass is 9.99. The summed E-state index contributed by atoms with van der Waals surface area (Å²) in [7, 11) is -3.26. The number of sulfonamides is 1. The average Bonchev–Trinajstić information content (AvgIpc) is 3.51. The molecule has 2 heterocycles. The molecule has 0 spiro atoms. The standard InChI is InChI=1S/C23H23N3O4S/c1-31(28,29)26-13-12-18-17(14-26)8-5-9-19(18)24-22(27)20-21(15-10-11-15)30-23(25-20)16-6-3-2-4-7-16/h2-9,15H,10-14H2,1H3,(H,24,27). The van der Waals surface area contributed by atoms with Gasteiger partial charge in [-0.25, -0.2) is 13.4 Å². The summed E-state index contributed by atoms with van der Waals surface area (Å²) in [6, 6.07) is 15.1. The molecule has 0 atom stereocenters. The summed E-state index contributed by atoms with van der Waals surface area (Å²) in [5.41, 5.74) is 3.73. The van der Waals surface area contributed by atoms with E-state index < -0.39 is 10.0 Å². The number of nitrogens with zero attached hydrogens (tertiary/aromatic N) is 2. The lowest BCUT2D eigenvalue weighted by Crippen LogP contribution is -2.35. The molecule has 1 N–H and O–H groups in total. The number of aromatic nitrogens is 1. The predicted molar refractivity (Wildman–Crippen MR) is 117 cm³/mol. The maximum absolute atomic E-state index is 13.2. The number of fused-ring (bicyclic) bond motifs is 1. The topological polar surface area (TPSA) is 92.5 Å². The first-order valence-corrected chi connectivity index (χ1v) is 12.2. The number of hydrogen-bond acceptors (Lipinski definition) is 5. The minimum Gasteiger partial charge on any atom is -0.440 e. The van der Waals surface area contributed by atoms with Crippen molar-refractivity contribution < 1.29 is 17.6 Å². The number of hydrogen-bond donors (Lipinski definition) is 1. The molecule has 3 aromatic rings. The van der Waals surface area contributed by atoms with Crippen molar-refractivity contribution >= 4 is 21.6 Å². The van der Waals surface area contributed by atoms with Crippen molar-refractivity contribution in [3.05, 3.63) is 71.1 Å². The zero-order valence-electron chi connectivity index (χ0n) is 17.2. The predicted octanol–water partition coefficient (Wildman–Crippen LogP) is 3.79. The smallest absolute Gasteiger partial charge is 0.277 e. The van der Waals surface area contributed by atoms with Gasteiger partial charge in [0.2, 0.25) is 15.9 Å². The van der Waals surface area contributed by atoms with E-state index >= 15 is 0 Å². The third-order valence-electron chi connectivity index (χ3n) is 5.79. The van der Waals surface area contributed by atoms with Crippen LogP contribution in [-0.2, 0) is 23.0 Å². The first kappa shape index (κ1) is 20.0. The third-order valence-corrected chi connectivity index (χ3v) is 7.04. The number of benzene rings is 2. The highest BCUT2D eigenvalue weighted by atomic mass is 32.2. The van der Waals surface area contributed by atoms with Crippen molar-refractivity contribution in [3.8, 4) is 11.5 Å². The number of anilines is 1. The van der Waals surface area contributed by atoms with Crippen molar-refractivity contribution in [2.45, 2.75) is 31.7 Å². The van der Waals surface area contributed by atoms with Crippen LogP contribution < -0.4 is 5.32 Å². The first-order valence-electron chi connectivity index (χ1n) is 10.3. The van der Waals surface area contributed by atoms with Gasteiger partial charge in [0, 0.05) is 30.3 Å². The summed E-state index contributed by atoms with van der Waals surface area (Å²) in [5.74, 6) is 1.03. The molecule has 7 nitrogen and oxygen atoms in total. The largest absolute Gasteiger partial charge is 0.440 e. The number of nitrogens with one attached hydrogen (secondary N) is 1. The van der Waals surface area contributed by atoms with Gasteiger partial charge in [-0.15, -0.1) is 0 Å². The molecule has 2 aliphatic rings. The molecule has 160 valence electrons. The molecule has 0 bridgehead atoms. The van der Waals surface area contributed by atoms with E-state index in [0.717, 1.165) is 29.5 Å². The maximum Gasteiger partial charge on any atom is 0.277 e. The fourth-order valence-corrected chi connectivity index (χ4v) is 4.78. The van der Waals surface area contributed by atoms with Gasteiger partial charge in [0.15, 0.2) is 5.69 Å². The molecular formula is C23H23N3O4S. The third kappa shape index (κ3) is 4.00. The second-order valence-electron chi connectivity index (χ2n) is 8.12. The van der Waals surface area contributed by atoms with Gasteiger partial charge in [-0.2, -0.15) is 4.31 Å². The molecule has 1 fully saturated rings. The minimum absolute atomic E-state index is 0.235. The van der Waals surface area contributed by atoms with Crippen LogP contribution in [0.3, 0.4) is 0 Å². The van der Waals surface area contributed by atoms with Crippen LogP contribution in [-0.4, -0.2) is 36.4 Å². The molecular weight excluding hydrogens is 414 g/mol. The summed E-state index contributed by atoms with van der Waals surface area (Å²) < 4.78 is 31.3. The van der Waals surface area contributed by atoms with Crippen LogP contribution in [0, 0.1) is 0 Å². The summed E-state index contributed by atoms with van der Waals surface area (Å²) in [5, 5.41) is 3.00. The second-order valence-corrected chi connectivity index (χ2v) is 10.1. The molecule has 2 aromatic carbocycles. The van der Waals surface area contributed by atoms with Crippen LogP contribution in [0.5, 0.6) is 0 Å². The van der Waals surface area contributed by atoms with Gasteiger partial charge in [-0.05, 0) is 48.6 Å². The van der Waals surface area contributed by atoms with Gasteiger partial charge in [-0.3, -0.25) is 4.79 Å². The highest BCUT2D eigenvalue weighted by Gasteiger charge is 2.34. The summed E-state index contributed by atoms with van der Waals surface area (Å²) in [6.45, 7) is 0.710. The molecule has 0 saturated heterocycles. The van der Waals surface area contributed by atoms with E-state index in [1.807, 2.05) is 48.5 Å². The monoisotopic (exact) mass is 437 g/mol. The van der Waals surface area contributed by atoms with Gasteiger partial charge in [0.05, 0.1) is 6.26 Å². The van der Waals surface area contributed by atoms with E-state index in [1.165, 1.54) is 10.6 Å². The second kappa shape index (κ2) is 7.62. The van der Waals surface area contributed by atoms with Crippen LogP contribution in [0.4, 0.5) is 5.69 Å². The highest BCUT2D eigenvalue weighted by molar-refractivity contribution is 7.88. The Labute approximate surface area is 181 Å². The van der Waals surface area contributed by atoms with Crippen molar-refractivity contribution in [2.75, 3.05) is 18.1 Å². The van der Waals surface area contributed by atoms with Crippen LogP contribution in [0.1, 0.15) is 46.1 Å². The molecule has 5 rings (SSSR count). The fraction of sp³-hybridized carbons (Fsp3) is 0.304. The van der Waals surface area contributed by atoms with E-state index in [0.29, 0.717) is 42.5 Å². The summed E-state index contributed by atoms with van der Waals surface area (Å²) in [4.78, 5) is 17.7. The minimum atomic E-state index is -3.26. The first-order chi connectivity index (χ1) is 14.9. The molecule has 0 radical (unpaired) electrons. The molecule has 0 unspecified atom stereocenters. The van der Waals surface area contributed by atoms with E-state index in [1.54, 1.807) is 0 Å². The Balaban J connectivity index is 1.44. The zero-order chi connectivity index (χ0) is 21.6. The van der Waals surface area contributed by atoms with Gasteiger partial charge in [0.25, 0.3) is 5.91 Å².